The molecule has 0 radical (unpaired) electrons. The molecular weight excluding hydrogens is 449 g/mol. The van der Waals surface area contributed by atoms with Crippen molar-refractivity contribution in [2.75, 3.05) is 4.72 Å². The molecule has 0 fully saturated rings. The van der Waals surface area contributed by atoms with Crippen molar-refractivity contribution in [2.45, 2.75) is 25.2 Å². The Morgan fingerprint density at radius 2 is 1.81 bits per heavy atom. The zero-order chi connectivity index (χ0) is 19.6. The Morgan fingerprint density at radius 1 is 1.11 bits per heavy atom. The third-order valence-electron chi connectivity index (χ3n) is 3.92. The minimum atomic E-state index is -3.99. The summed E-state index contributed by atoms with van der Waals surface area (Å²) >= 11 is 4.56. The van der Waals surface area contributed by atoms with Crippen molar-refractivity contribution in [3.05, 3.63) is 69.8 Å². The molecule has 0 saturated heterocycles. The normalized spacial score (nSPS) is 11.7. The molecular formula is C20H19BrFNO2S2. The van der Waals surface area contributed by atoms with Crippen LogP contribution in [0.4, 0.5) is 10.1 Å². The van der Waals surface area contributed by atoms with E-state index in [0.29, 0.717) is 16.1 Å². The van der Waals surface area contributed by atoms with Crippen LogP contribution in [0.5, 0.6) is 0 Å². The molecule has 0 spiro atoms. The minimum Gasteiger partial charge on any atom is -0.279 e. The van der Waals surface area contributed by atoms with Gasteiger partial charge in [0.1, 0.15) is 10.7 Å². The second kappa shape index (κ2) is 8.12. The van der Waals surface area contributed by atoms with Gasteiger partial charge in [-0.2, -0.15) is 0 Å². The lowest BCUT2D eigenvalue weighted by atomic mass is 10.0. The third-order valence-corrected chi connectivity index (χ3v) is 6.80. The van der Waals surface area contributed by atoms with Crippen molar-refractivity contribution in [1.29, 1.82) is 0 Å². The summed E-state index contributed by atoms with van der Waals surface area (Å²) in [6, 6.07) is 13.9. The minimum absolute atomic E-state index is 0.378. The maximum absolute atomic E-state index is 14.0. The molecule has 0 aliphatic rings. The summed E-state index contributed by atoms with van der Waals surface area (Å²) in [6.45, 7) is 4.36. The molecule has 1 heterocycles. The number of rotatable bonds is 6. The highest BCUT2D eigenvalue weighted by Crippen LogP contribution is 2.32. The van der Waals surface area contributed by atoms with Crippen molar-refractivity contribution in [2.24, 2.45) is 5.92 Å². The highest BCUT2D eigenvalue weighted by molar-refractivity contribution is 9.10. The first-order valence-corrected chi connectivity index (χ1v) is 11.6. The van der Waals surface area contributed by atoms with E-state index in [0.717, 1.165) is 22.9 Å². The zero-order valence-corrected chi connectivity index (χ0v) is 18.1. The number of anilines is 1. The second-order valence-electron chi connectivity index (χ2n) is 6.67. The van der Waals surface area contributed by atoms with Crippen molar-refractivity contribution < 1.29 is 12.8 Å². The van der Waals surface area contributed by atoms with Gasteiger partial charge in [0, 0.05) is 14.7 Å². The number of sulfonamides is 1. The average Bonchev–Trinajstić information content (AvgIpc) is 3.02. The molecule has 0 aliphatic heterocycles. The van der Waals surface area contributed by atoms with Crippen LogP contribution < -0.4 is 4.72 Å². The molecule has 0 bridgehead atoms. The van der Waals surface area contributed by atoms with Gasteiger partial charge in [0.2, 0.25) is 0 Å². The van der Waals surface area contributed by atoms with Crippen molar-refractivity contribution >= 4 is 43.0 Å². The SMILES string of the molecule is CC(C)Cc1ccc(-c2cc(NS(=O)(=O)c3ccc(Br)cc3F)cs2)cc1. The van der Waals surface area contributed by atoms with Crippen LogP contribution >= 0.6 is 27.3 Å². The number of benzene rings is 2. The standard InChI is InChI=1S/C20H19BrFNO2S2/c1-13(2)9-14-3-5-15(6-4-14)19-11-17(12-26-19)23-27(24,25)20-8-7-16(21)10-18(20)22/h3-8,10-13,23H,9H2,1-2H3. The third kappa shape index (κ3) is 4.97. The van der Waals surface area contributed by atoms with Crippen LogP contribution in [0.15, 0.2) is 63.3 Å². The number of thiophene rings is 1. The smallest absolute Gasteiger partial charge is 0.264 e. The molecule has 0 saturated carbocycles. The van der Waals surface area contributed by atoms with Gasteiger partial charge in [0.25, 0.3) is 10.0 Å². The molecule has 0 atom stereocenters. The largest absolute Gasteiger partial charge is 0.279 e. The first kappa shape index (κ1) is 20.0. The molecule has 0 aliphatic carbocycles. The quantitative estimate of drug-likeness (QED) is 0.461. The second-order valence-corrected chi connectivity index (χ2v) is 10.2. The van der Waals surface area contributed by atoms with Gasteiger partial charge >= 0.3 is 0 Å². The molecule has 1 aromatic heterocycles. The fraction of sp³-hybridized carbons (Fsp3) is 0.200. The number of hydrogen-bond donors (Lipinski definition) is 1. The number of hydrogen-bond acceptors (Lipinski definition) is 3. The Hall–Kier alpha value is -1.70. The Morgan fingerprint density at radius 3 is 2.44 bits per heavy atom. The Kier molecular flexibility index (Phi) is 6.03. The van der Waals surface area contributed by atoms with Gasteiger partial charge in [0.15, 0.2) is 0 Å². The molecule has 0 unspecified atom stereocenters. The molecule has 3 nitrogen and oxygen atoms in total. The summed E-state index contributed by atoms with van der Waals surface area (Å²) in [5, 5.41) is 1.71. The monoisotopic (exact) mass is 467 g/mol. The predicted molar refractivity (Wildman–Crippen MR) is 113 cm³/mol. The summed E-state index contributed by atoms with van der Waals surface area (Å²) in [5.41, 5.74) is 2.72. The first-order valence-electron chi connectivity index (χ1n) is 8.40. The lowest BCUT2D eigenvalue weighted by Gasteiger charge is -2.07. The van der Waals surface area contributed by atoms with E-state index >= 15 is 0 Å². The molecule has 0 amide bonds. The summed E-state index contributed by atoms with van der Waals surface area (Å²) < 4.78 is 41.9. The Balaban J connectivity index is 1.79. The summed E-state index contributed by atoms with van der Waals surface area (Å²) in [7, 11) is -3.99. The molecule has 2 aromatic carbocycles. The van der Waals surface area contributed by atoms with E-state index in [4.69, 9.17) is 0 Å². The van der Waals surface area contributed by atoms with Crippen LogP contribution in [-0.4, -0.2) is 8.42 Å². The Labute approximate surface area is 171 Å². The van der Waals surface area contributed by atoms with Gasteiger partial charge in [-0.1, -0.05) is 54.0 Å². The molecule has 3 aromatic rings. The number of halogens is 2. The fourth-order valence-corrected chi connectivity index (χ4v) is 5.08. The van der Waals surface area contributed by atoms with Crippen molar-refractivity contribution in [1.82, 2.24) is 0 Å². The van der Waals surface area contributed by atoms with E-state index in [1.807, 2.05) is 12.1 Å². The van der Waals surface area contributed by atoms with Crippen LogP contribution in [0.25, 0.3) is 10.4 Å². The summed E-state index contributed by atoms with van der Waals surface area (Å²) in [4.78, 5) is 0.566. The summed E-state index contributed by atoms with van der Waals surface area (Å²) in [6.07, 6.45) is 1.02. The van der Waals surface area contributed by atoms with Crippen LogP contribution in [0, 0.1) is 11.7 Å². The average molecular weight is 468 g/mol. The fourth-order valence-electron chi connectivity index (χ4n) is 2.72. The predicted octanol–water partition coefficient (Wildman–Crippen LogP) is 6.32. The lowest BCUT2D eigenvalue weighted by molar-refractivity contribution is 0.570. The van der Waals surface area contributed by atoms with E-state index in [2.05, 4.69) is 46.6 Å². The topological polar surface area (TPSA) is 46.2 Å². The number of nitrogens with one attached hydrogen (secondary N) is 1. The van der Waals surface area contributed by atoms with E-state index in [1.165, 1.54) is 29.0 Å². The van der Waals surface area contributed by atoms with Gasteiger partial charge in [-0.05, 0) is 47.7 Å². The van der Waals surface area contributed by atoms with E-state index < -0.39 is 15.8 Å². The van der Waals surface area contributed by atoms with E-state index in [9.17, 15) is 12.8 Å². The lowest BCUT2D eigenvalue weighted by Crippen LogP contribution is -2.14. The maximum Gasteiger partial charge on any atom is 0.264 e. The molecule has 3 rings (SSSR count). The van der Waals surface area contributed by atoms with Gasteiger partial charge < -0.3 is 0 Å². The van der Waals surface area contributed by atoms with E-state index in [-0.39, 0.29) is 4.90 Å². The highest BCUT2D eigenvalue weighted by atomic mass is 79.9. The zero-order valence-electron chi connectivity index (χ0n) is 14.9. The van der Waals surface area contributed by atoms with Crippen LogP contribution in [0.1, 0.15) is 19.4 Å². The van der Waals surface area contributed by atoms with Gasteiger partial charge in [-0.25, -0.2) is 12.8 Å². The van der Waals surface area contributed by atoms with Crippen molar-refractivity contribution in [3.63, 3.8) is 0 Å². The van der Waals surface area contributed by atoms with Gasteiger partial charge in [-0.3, -0.25) is 4.72 Å². The first-order chi connectivity index (χ1) is 12.7. The Bertz CT molecular complexity index is 1040. The van der Waals surface area contributed by atoms with Gasteiger partial charge in [0.05, 0.1) is 5.69 Å². The van der Waals surface area contributed by atoms with Crippen LogP contribution in [-0.2, 0) is 16.4 Å². The summed E-state index contributed by atoms with van der Waals surface area (Å²) in [5.74, 6) is -0.203. The van der Waals surface area contributed by atoms with Gasteiger partial charge in [-0.15, -0.1) is 11.3 Å². The maximum atomic E-state index is 14.0. The van der Waals surface area contributed by atoms with Crippen LogP contribution in [0.3, 0.4) is 0 Å². The van der Waals surface area contributed by atoms with E-state index in [1.54, 1.807) is 11.4 Å². The van der Waals surface area contributed by atoms with Crippen LogP contribution in [0.2, 0.25) is 0 Å². The molecule has 27 heavy (non-hydrogen) atoms. The highest BCUT2D eigenvalue weighted by Gasteiger charge is 2.20. The van der Waals surface area contributed by atoms with Crippen molar-refractivity contribution in [3.8, 4) is 10.4 Å². The molecule has 7 heteroatoms. The molecule has 142 valence electrons. The molecule has 1 N–H and O–H groups in total.